The first-order valence-corrected chi connectivity index (χ1v) is 10.6. The summed E-state index contributed by atoms with van der Waals surface area (Å²) < 4.78 is 6.23. The highest BCUT2D eigenvalue weighted by Crippen LogP contribution is 2.30. The van der Waals surface area contributed by atoms with Crippen molar-refractivity contribution in [1.82, 2.24) is 4.90 Å². The van der Waals surface area contributed by atoms with Crippen LogP contribution in [-0.4, -0.2) is 43.5 Å². The van der Waals surface area contributed by atoms with Crippen molar-refractivity contribution in [2.45, 2.75) is 12.8 Å². The minimum Gasteiger partial charge on any atom is -0.451 e. The van der Waals surface area contributed by atoms with Crippen LogP contribution in [0.2, 0.25) is 0 Å². The predicted octanol–water partition coefficient (Wildman–Crippen LogP) is 4.07. The molecule has 0 spiro atoms. The quantitative estimate of drug-likeness (QED) is 0.504. The topological polar surface area (TPSA) is 48.7 Å². The number of furan rings is 1. The molecule has 0 bridgehead atoms. The third-order valence-electron chi connectivity index (χ3n) is 5.06. The molecule has 2 fully saturated rings. The summed E-state index contributed by atoms with van der Waals surface area (Å²) in [5.41, 5.74) is 1.99. The SMILES string of the molecule is O=C(C=Cc1ccc(I)o1)Nc1cccc(N2CCN(CC3CC3)CC2)c1. The van der Waals surface area contributed by atoms with E-state index in [4.69, 9.17) is 4.42 Å². The zero-order chi connectivity index (χ0) is 18.6. The number of halogens is 1. The molecule has 142 valence electrons. The number of nitrogens with zero attached hydrogens (tertiary/aromatic N) is 2. The molecule has 2 heterocycles. The predicted molar refractivity (Wildman–Crippen MR) is 117 cm³/mol. The maximum absolute atomic E-state index is 12.2. The van der Waals surface area contributed by atoms with Crippen molar-refractivity contribution in [1.29, 1.82) is 0 Å². The van der Waals surface area contributed by atoms with E-state index in [1.807, 2.05) is 24.3 Å². The van der Waals surface area contributed by atoms with Crippen molar-refractivity contribution in [3.63, 3.8) is 0 Å². The highest BCUT2D eigenvalue weighted by molar-refractivity contribution is 14.1. The summed E-state index contributed by atoms with van der Waals surface area (Å²) in [7, 11) is 0. The fraction of sp³-hybridized carbons (Fsp3) is 0.381. The van der Waals surface area contributed by atoms with Crippen LogP contribution in [0.1, 0.15) is 18.6 Å². The van der Waals surface area contributed by atoms with Gasteiger partial charge >= 0.3 is 0 Å². The first kappa shape index (κ1) is 18.6. The maximum Gasteiger partial charge on any atom is 0.248 e. The van der Waals surface area contributed by atoms with E-state index in [0.29, 0.717) is 5.76 Å². The van der Waals surface area contributed by atoms with Gasteiger partial charge in [0.05, 0.1) is 0 Å². The van der Waals surface area contributed by atoms with Crippen LogP contribution in [0.25, 0.3) is 6.08 Å². The third-order valence-corrected chi connectivity index (χ3v) is 5.64. The van der Waals surface area contributed by atoms with E-state index < -0.39 is 0 Å². The summed E-state index contributed by atoms with van der Waals surface area (Å²) in [6.45, 7) is 5.60. The summed E-state index contributed by atoms with van der Waals surface area (Å²) in [6, 6.07) is 11.8. The van der Waals surface area contributed by atoms with E-state index in [2.05, 4.69) is 49.8 Å². The Balaban J connectivity index is 1.32. The van der Waals surface area contributed by atoms with Gasteiger partial charge in [-0.05, 0) is 77.8 Å². The summed E-state index contributed by atoms with van der Waals surface area (Å²) in [4.78, 5) is 17.2. The highest BCUT2D eigenvalue weighted by atomic mass is 127. The second-order valence-corrected chi connectivity index (χ2v) is 8.31. The summed E-state index contributed by atoms with van der Waals surface area (Å²) in [5, 5.41) is 2.94. The molecule has 1 aliphatic carbocycles. The average molecular weight is 477 g/mol. The van der Waals surface area contributed by atoms with E-state index in [1.165, 1.54) is 31.1 Å². The number of hydrogen-bond acceptors (Lipinski definition) is 4. The number of piperazine rings is 1. The van der Waals surface area contributed by atoms with Gasteiger partial charge in [0.2, 0.25) is 5.91 Å². The Morgan fingerprint density at radius 3 is 2.70 bits per heavy atom. The van der Waals surface area contributed by atoms with Crippen LogP contribution in [0, 0.1) is 9.68 Å². The Kier molecular flexibility index (Phi) is 5.83. The molecular formula is C21H24IN3O2. The molecule has 2 aromatic rings. The van der Waals surface area contributed by atoms with E-state index in [0.717, 1.165) is 41.6 Å². The first-order valence-electron chi connectivity index (χ1n) is 9.47. The van der Waals surface area contributed by atoms with E-state index in [9.17, 15) is 4.79 Å². The molecule has 4 rings (SSSR count). The van der Waals surface area contributed by atoms with Crippen LogP contribution in [0.3, 0.4) is 0 Å². The number of carbonyl (C=O) groups is 1. The lowest BCUT2D eigenvalue weighted by Gasteiger charge is -2.36. The van der Waals surface area contributed by atoms with Crippen LogP contribution in [0.15, 0.2) is 46.9 Å². The molecule has 0 atom stereocenters. The molecule has 1 aromatic carbocycles. The monoisotopic (exact) mass is 477 g/mol. The smallest absolute Gasteiger partial charge is 0.248 e. The molecule has 1 saturated carbocycles. The molecule has 27 heavy (non-hydrogen) atoms. The van der Waals surface area contributed by atoms with Crippen LogP contribution in [0.5, 0.6) is 0 Å². The van der Waals surface area contributed by atoms with Crippen molar-refractivity contribution in [3.05, 3.63) is 52.0 Å². The number of amides is 1. The van der Waals surface area contributed by atoms with Gasteiger partial charge in [-0.3, -0.25) is 9.69 Å². The highest BCUT2D eigenvalue weighted by Gasteiger charge is 2.26. The first-order chi connectivity index (χ1) is 13.2. The van der Waals surface area contributed by atoms with E-state index in [1.54, 1.807) is 6.08 Å². The number of hydrogen-bond donors (Lipinski definition) is 1. The molecule has 6 heteroatoms. The van der Waals surface area contributed by atoms with Crippen molar-refractivity contribution in [3.8, 4) is 0 Å². The molecule has 2 aliphatic rings. The van der Waals surface area contributed by atoms with Crippen LogP contribution < -0.4 is 10.2 Å². The Hall–Kier alpha value is -1.80. The Labute approximate surface area is 173 Å². The largest absolute Gasteiger partial charge is 0.451 e. The zero-order valence-corrected chi connectivity index (χ0v) is 17.4. The van der Waals surface area contributed by atoms with Crippen molar-refractivity contribution < 1.29 is 9.21 Å². The molecular weight excluding hydrogens is 453 g/mol. The van der Waals surface area contributed by atoms with Gasteiger partial charge in [0, 0.05) is 50.2 Å². The van der Waals surface area contributed by atoms with Gasteiger partial charge in [-0.15, -0.1) is 0 Å². The molecule has 5 nitrogen and oxygen atoms in total. The van der Waals surface area contributed by atoms with Crippen LogP contribution in [0.4, 0.5) is 11.4 Å². The molecule has 0 radical (unpaired) electrons. The van der Waals surface area contributed by atoms with E-state index in [-0.39, 0.29) is 5.91 Å². The second kappa shape index (κ2) is 8.48. The van der Waals surface area contributed by atoms with Crippen molar-refractivity contribution in [2.24, 2.45) is 5.92 Å². The fourth-order valence-electron chi connectivity index (χ4n) is 3.39. The van der Waals surface area contributed by atoms with Crippen molar-refractivity contribution >= 4 is 45.9 Å². The third kappa shape index (κ3) is 5.35. The Morgan fingerprint density at radius 1 is 1.19 bits per heavy atom. The number of carbonyl (C=O) groups excluding carboxylic acids is 1. The van der Waals surface area contributed by atoms with Gasteiger partial charge in [-0.25, -0.2) is 0 Å². The molecule has 1 saturated heterocycles. The molecule has 1 N–H and O–H groups in total. The van der Waals surface area contributed by atoms with Gasteiger partial charge in [-0.1, -0.05) is 6.07 Å². The Bertz CT molecular complexity index is 820. The van der Waals surface area contributed by atoms with Crippen LogP contribution in [-0.2, 0) is 4.79 Å². The Morgan fingerprint density at radius 2 is 2.00 bits per heavy atom. The van der Waals surface area contributed by atoms with Gasteiger partial charge in [0.25, 0.3) is 0 Å². The number of nitrogens with one attached hydrogen (secondary N) is 1. The normalized spacial score (nSPS) is 18.2. The number of benzene rings is 1. The van der Waals surface area contributed by atoms with Crippen molar-refractivity contribution in [2.75, 3.05) is 42.9 Å². The van der Waals surface area contributed by atoms with E-state index >= 15 is 0 Å². The van der Waals surface area contributed by atoms with Crippen LogP contribution >= 0.6 is 22.6 Å². The second-order valence-electron chi connectivity index (χ2n) is 7.25. The zero-order valence-electron chi connectivity index (χ0n) is 15.2. The average Bonchev–Trinajstić information content (AvgIpc) is 3.39. The lowest BCUT2D eigenvalue weighted by Crippen LogP contribution is -2.47. The fourth-order valence-corrected chi connectivity index (χ4v) is 3.83. The minimum absolute atomic E-state index is 0.159. The molecule has 1 aliphatic heterocycles. The lowest BCUT2D eigenvalue weighted by atomic mass is 10.2. The standard InChI is InChI=1S/C21H24IN3O2/c22-20-8-6-19(27-20)7-9-21(26)23-17-2-1-3-18(14-17)25-12-10-24(11-13-25)15-16-4-5-16/h1-3,6-9,14,16H,4-5,10-13,15H2,(H,23,26). The van der Waals surface area contributed by atoms with Gasteiger partial charge in [-0.2, -0.15) is 0 Å². The lowest BCUT2D eigenvalue weighted by molar-refractivity contribution is -0.111. The van der Waals surface area contributed by atoms with Gasteiger partial charge in [0.1, 0.15) is 5.76 Å². The molecule has 1 amide bonds. The summed E-state index contributed by atoms with van der Waals surface area (Å²) in [6.07, 6.45) is 6.00. The molecule has 0 unspecified atom stereocenters. The van der Waals surface area contributed by atoms with Gasteiger partial charge in [0.15, 0.2) is 3.77 Å². The number of anilines is 2. The van der Waals surface area contributed by atoms with Gasteiger partial charge < -0.3 is 14.6 Å². The number of rotatable bonds is 6. The molecule has 1 aromatic heterocycles. The summed E-state index contributed by atoms with van der Waals surface area (Å²) >= 11 is 2.10. The summed E-state index contributed by atoms with van der Waals surface area (Å²) in [5.74, 6) is 1.47. The maximum atomic E-state index is 12.2. The minimum atomic E-state index is -0.159.